The van der Waals surface area contributed by atoms with Crippen molar-refractivity contribution < 1.29 is 18.7 Å². The number of hydrogen-bond donors (Lipinski definition) is 1. The van der Waals surface area contributed by atoms with Gasteiger partial charge < -0.3 is 10.0 Å². The van der Waals surface area contributed by atoms with Gasteiger partial charge in [-0.25, -0.2) is 8.78 Å². The molecular formula is C13H17F2NO2. The molecule has 0 aromatic heterocycles. The lowest BCUT2D eigenvalue weighted by Gasteiger charge is -2.21. The van der Waals surface area contributed by atoms with Gasteiger partial charge in [-0.05, 0) is 24.1 Å². The minimum Gasteiger partial charge on any atom is -0.396 e. The predicted octanol–water partition coefficient (Wildman–Crippen LogP) is 1.94. The fourth-order valence-corrected chi connectivity index (χ4v) is 1.68. The quantitative estimate of drug-likeness (QED) is 0.875. The predicted molar refractivity (Wildman–Crippen MR) is 63.7 cm³/mol. The molecule has 1 rings (SSSR count). The second-order valence-corrected chi connectivity index (χ2v) is 4.23. The third-order valence-corrected chi connectivity index (χ3v) is 2.84. The number of nitrogens with zero attached hydrogens (tertiary/aromatic N) is 1. The van der Waals surface area contributed by atoms with Crippen molar-refractivity contribution in [1.82, 2.24) is 4.90 Å². The van der Waals surface area contributed by atoms with Gasteiger partial charge in [0.25, 0.3) is 0 Å². The van der Waals surface area contributed by atoms with E-state index in [1.54, 1.807) is 7.05 Å². The number of halogens is 2. The minimum atomic E-state index is -0.928. The van der Waals surface area contributed by atoms with E-state index in [0.717, 1.165) is 12.1 Å². The van der Waals surface area contributed by atoms with Gasteiger partial charge in [0.15, 0.2) is 11.6 Å². The van der Waals surface area contributed by atoms with Crippen LogP contribution in [0.15, 0.2) is 18.2 Å². The molecule has 0 saturated carbocycles. The Kier molecular flexibility index (Phi) is 5.22. The monoisotopic (exact) mass is 257 g/mol. The van der Waals surface area contributed by atoms with Crippen LogP contribution < -0.4 is 0 Å². The Balaban J connectivity index is 2.71. The Hall–Kier alpha value is -1.49. The molecule has 0 bridgehead atoms. The van der Waals surface area contributed by atoms with E-state index in [0.29, 0.717) is 12.0 Å². The van der Waals surface area contributed by atoms with Gasteiger partial charge in [0.1, 0.15) is 0 Å². The highest BCUT2D eigenvalue weighted by atomic mass is 19.2. The molecule has 1 aromatic rings. The first kappa shape index (κ1) is 14.6. The molecule has 0 radical (unpaired) electrons. The summed E-state index contributed by atoms with van der Waals surface area (Å²) >= 11 is 0. The maximum Gasteiger partial charge on any atom is 0.228 e. The van der Waals surface area contributed by atoms with Gasteiger partial charge in [-0.15, -0.1) is 0 Å². The highest BCUT2D eigenvalue weighted by Crippen LogP contribution is 2.13. The molecule has 1 N–H and O–H groups in total. The van der Waals surface area contributed by atoms with E-state index in [1.807, 2.05) is 6.92 Å². The maximum absolute atomic E-state index is 13.0. The first-order valence-electron chi connectivity index (χ1n) is 5.79. The second kappa shape index (κ2) is 6.44. The third-order valence-electron chi connectivity index (χ3n) is 2.84. The lowest BCUT2D eigenvalue weighted by Crippen LogP contribution is -2.34. The van der Waals surface area contributed by atoms with E-state index in [1.165, 1.54) is 11.0 Å². The Morgan fingerprint density at radius 3 is 2.56 bits per heavy atom. The molecule has 0 aliphatic heterocycles. The Bertz CT molecular complexity index is 419. The van der Waals surface area contributed by atoms with E-state index < -0.39 is 17.6 Å². The molecule has 0 saturated heterocycles. The molecule has 1 amide bonds. The van der Waals surface area contributed by atoms with Crippen molar-refractivity contribution in [2.24, 2.45) is 5.92 Å². The summed E-state index contributed by atoms with van der Waals surface area (Å²) in [6.07, 6.45) is 0.539. The van der Waals surface area contributed by atoms with Crippen molar-refractivity contribution in [2.45, 2.75) is 19.9 Å². The number of carbonyl (C=O) groups excluding carboxylic acids is 1. The third kappa shape index (κ3) is 3.50. The molecule has 0 fully saturated rings. The molecule has 3 nitrogen and oxygen atoms in total. The maximum atomic E-state index is 13.0. The molecular weight excluding hydrogens is 240 g/mol. The number of carbonyl (C=O) groups is 1. The SMILES string of the molecule is CCC(CO)C(=O)N(C)Cc1ccc(F)c(F)c1. The fourth-order valence-electron chi connectivity index (χ4n) is 1.68. The minimum absolute atomic E-state index is 0.187. The van der Waals surface area contributed by atoms with Gasteiger partial charge in [0, 0.05) is 13.6 Å². The molecule has 0 spiro atoms. The Labute approximate surface area is 105 Å². The van der Waals surface area contributed by atoms with E-state index in [2.05, 4.69) is 0 Å². The van der Waals surface area contributed by atoms with Crippen LogP contribution in [0.5, 0.6) is 0 Å². The Morgan fingerprint density at radius 1 is 1.39 bits per heavy atom. The van der Waals surface area contributed by atoms with Crippen LogP contribution in [0.2, 0.25) is 0 Å². The molecule has 0 heterocycles. The smallest absolute Gasteiger partial charge is 0.228 e. The molecule has 0 aliphatic rings. The number of hydrogen-bond acceptors (Lipinski definition) is 2. The van der Waals surface area contributed by atoms with E-state index in [9.17, 15) is 13.6 Å². The first-order valence-corrected chi connectivity index (χ1v) is 5.79. The van der Waals surface area contributed by atoms with Crippen molar-refractivity contribution >= 4 is 5.91 Å². The number of aliphatic hydroxyl groups is 1. The molecule has 100 valence electrons. The average Bonchev–Trinajstić information content (AvgIpc) is 2.35. The molecule has 1 unspecified atom stereocenters. The number of aliphatic hydroxyl groups excluding tert-OH is 1. The van der Waals surface area contributed by atoms with Crippen molar-refractivity contribution in [1.29, 1.82) is 0 Å². The summed E-state index contributed by atoms with van der Waals surface area (Å²) in [4.78, 5) is 13.3. The summed E-state index contributed by atoms with van der Waals surface area (Å²) in [7, 11) is 1.57. The van der Waals surface area contributed by atoms with Crippen LogP contribution in [-0.4, -0.2) is 29.6 Å². The van der Waals surface area contributed by atoms with Crippen molar-refractivity contribution in [2.75, 3.05) is 13.7 Å². The standard InChI is InChI=1S/C13H17F2NO2/c1-3-10(8-17)13(18)16(2)7-9-4-5-11(14)12(15)6-9/h4-6,10,17H,3,7-8H2,1-2H3. The van der Waals surface area contributed by atoms with Crippen molar-refractivity contribution in [3.63, 3.8) is 0 Å². The number of benzene rings is 1. The average molecular weight is 257 g/mol. The summed E-state index contributed by atoms with van der Waals surface area (Å²) in [5, 5.41) is 9.03. The molecule has 1 aromatic carbocycles. The topological polar surface area (TPSA) is 40.5 Å². The number of amides is 1. The number of rotatable bonds is 5. The highest BCUT2D eigenvalue weighted by molar-refractivity contribution is 5.78. The van der Waals surface area contributed by atoms with E-state index >= 15 is 0 Å². The largest absolute Gasteiger partial charge is 0.396 e. The van der Waals surface area contributed by atoms with Crippen LogP contribution in [0.3, 0.4) is 0 Å². The lowest BCUT2D eigenvalue weighted by molar-refractivity contribution is -0.136. The van der Waals surface area contributed by atoms with Gasteiger partial charge >= 0.3 is 0 Å². The van der Waals surface area contributed by atoms with Gasteiger partial charge in [-0.1, -0.05) is 13.0 Å². The lowest BCUT2D eigenvalue weighted by atomic mass is 10.1. The van der Waals surface area contributed by atoms with Crippen molar-refractivity contribution in [3.8, 4) is 0 Å². The molecule has 1 atom stereocenters. The molecule has 0 aliphatic carbocycles. The first-order chi connectivity index (χ1) is 8.49. The normalized spacial score (nSPS) is 12.3. The zero-order valence-corrected chi connectivity index (χ0v) is 10.5. The summed E-state index contributed by atoms with van der Waals surface area (Å²) in [6.45, 7) is 1.79. The van der Waals surface area contributed by atoms with E-state index in [-0.39, 0.29) is 19.1 Å². The van der Waals surface area contributed by atoms with Gasteiger partial charge in [0.2, 0.25) is 5.91 Å². The fraction of sp³-hybridized carbons (Fsp3) is 0.462. The summed E-state index contributed by atoms with van der Waals surface area (Å²) < 4.78 is 25.7. The van der Waals surface area contributed by atoms with E-state index in [4.69, 9.17) is 5.11 Å². The zero-order chi connectivity index (χ0) is 13.7. The summed E-state index contributed by atoms with van der Waals surface area (Å²) in [6, 6.07) is 3.54. The van der Waals surface area contributed by atoms with Gasteiger partial charge in [-0.3, -0.25) is 4.79 Å². The summed E-state index contributed by atoms with van der Waals surface area (Å²) in [5.74, 6) is -2.48. The van der Waals surface area contributed by atoms with Gasteiger partial charge in [0.05, 0.1) is 12.5 Å². The van der Waals surface area contributed by atoms with Crippen molar-refractivity contribution in [3.05, 3.63) is 35.4 Å². The van der Waals surface area contributed by atoms with Crippen LogP contribution in [0.4, 0.5) is 8.78 Å². The van der Waals surface area contributed by atoms with Crippen LogP contribution >= 0.6 is 0 Å². The highest BCUT2D eigenvalue weighted by Gasteiger charge is 2.19. The van der Waals surface area contributed by atoms with Crippen LogP contribution in [0, 0.1) is 17.6 Å². The molecule has 18 heavy (non-hydrogen) atoms. The van der Waals surface area contributed by atoms with Crippen LogP contribution in [-0.2, 0) is 11.3 Å². The second-order valence-electron chi connectivity index (χ2n) is 4.23. The zero-order valence-electron chi connectivity index (χ0n) is 10.5. The van der Waals surface area contributed by atoms with Crippen LogP contribution in [0.25, 0.3) is 0 Å². The van der Waals surface area contributed by atoms with Crippen LogP contribution in [0.1, 0.15) is 18.9 Å². The molecule has 5 heteroatoms. The Morgan fingerprint density at radius 2 is 2.06 bits per heavy atom. The summed E-state index contributed by atoms with van der Waals surface area (Å²) in [5.41, 5.74) is 0.512. The van der Waals surface area contributed by atoms with Gasteiger partial charge in [-0.2, -0.15) is 0 Å².